The zero-order valence-electron chi connectivity index (χ0n) is 17.8. The molecule has 0 spiro atoms. The summed E-state index contributed by atoms with van der Waals surface area (Å²) in [5.74, 6) is -0.0649. The molecule has 1 saturated heterocycles. The van der Waals surface area contributed by atoms with Crippen LogP contribution in [0.3, 0.4) is 0 Å². The van der Waals surface area contributed by atoms with Crippen LogP contribution in [0.4, 0.5) is 0 Å². The Bertz CT molecular complexity index is 1270. The summed E-state index contributed by atoms with van der Waals surface area (Å²) in [5, 5.41) is 4.48. The van der Waals surface area contributed by atoms with Gasteiger partial charge in [-0.15, -0.1) is 0 Å². The van der Waals surface area contributed by atoms with Crippen LogP contribution < -0.4 is 0 Å². The van der Waals surface area contributed by atoms with Gasteiger partial charge in [-0.25, -0.2) is 9.50 Å². The van der Waals surface area contributed by atoms with Gasteiger partial charge in [0.15, 0.2) is 5.65 Å². The number of rotatable bonds is 3. The number of hydrogen-bond donors (Lipinski definition) is 0. The lowest BCUT2D eigenvalue weighted by Gasteiger charge is -2.34. The lowest BCUT2D eigenvalue weighted by Crippen LogP contribution is -2.50. The van der Waals surface area contributed by atoms with E-state index in [4.69, 9.17) is 0 Å². The first-order valence-electron chi connectivity index (χ1n) is 10.7. The van der Waals surface area contributed by atoms with Crippen molar-refractivity contribution in [3.8, 4) is 22.4 Å². The fourth-order valence-electron chi connectivity index (χ4n) is 4.12. The quantitative estimate of drug-likeness (QED) is 0.505. The molecule has 2 aromatic heterocycles. The second-order valence-electron chi connectivity index (χ2n) is 7.87. The van der Waals surface area contributed by atoms with Crippen LogP contribution in [-0.2, 0) is 4.79 Å². The molecule has 0 atom stereocenters. The van der Waals surface area contributed by atoms with Crippen molar-refractivity contribution in [1.29, 1.82) is 0 Å². The van der Waals surface area contributed by atoms with E-state index in [0.717, 1.165) is 22.4 Å². The van der Waals surface area contributed by atoms with Gasteiger partial charge in [0.25, 0.3) is 5.91 Å². The lowest BCUT2D eigenvalue weighted by atomic mass is 10.0. The molecule has 0 bridgehead atoms. The first-order valence-corrected chi connectivity index (χ1v) is 10.7. The van der Waals surface area contributed by atoms with Gasteiger partial charge in [-0.2, -0.15) is 5.10 Å². The van der Waals surface area contributed by atoms with Crippen molar-refractivity contribution >= 4 is 17.5 Å². The Hall–Kier alpha value is -4.00. The van der Waals surface area contributed by atoms with Gasteiger partial charge in [0, 0.05) is 44.9 Å². The number of carbonyl (C=O) groups excluding carboxylic acids is 2. The summed E-state index contributed by atoms with van der Waals surface area (Å²) < 4.78 is 1.72. The van der Waals surface area contributed by atoms with E-state index in [-0.39, 0.29) is 11.8 Å². The van der Waals surface area contributed by atoms with Crippen LogP contribution in [0.1, 0.15) is 17.3 Å². The normalized spacial score (nSPS) is 14.0. The van der Waals surface area contributed by atoms with Crippen molar-refractivity contribution in [3.05, 3.63) is 78.6 Å². The van der Waals surface area contributed by atoms with E-state index < -0.39 is 0 Å². The van der Waals surface area contributed by atoms with Crippen LogP contribution in [0, 0.1) is 0 Å². The molecule has 0 N–H and O–H groups in total. The Kier molecular flexibility index (Phi) is 5.15. The molecule has 1 aliphatic heterocycles. The minimum absolute atomic E-state index is 0.0395. The van der Waals surface area contributed by atoms with E-state index in [2.05, 4.69) is 46.5 Å². The number of fused-ring (bicyclic) bond motifs is 1. The molecule has 0 aliphatic carbocycles. The fourth-order valence-corrected chi connectivity index (χ4v) is 4.12. The van der Waals surface area contributed by atoms with Gasteiger partial charge in [-0.05, 0) is 17.2 Å². The number of nitrogens with zero attached hydrogens (tertiary/aromatic N) is 5. The summed E-state index contributed by atoms with van der Waals surface area (Å²) >= 11 is 0. The molecule has 1 fully saturated rings. The summed E-state index contributed by atoms with van der Waals surface area (Å²) in [6, 6.07) is 20.4. The van der Waals surface area contributed by atoms with Gasteiger partial charge in [-0.3, -0.25) is 9.59 Å². The highest BCUT2D eigenvalue weighted by Crippen LogP contribution is 2.26. The molecule has 0 radical (unpaired) electrons. The molecule has 2 aromatic carbocycles. The van der Waals surface area contributed by atoms with Crippen molar-refractivity contribution < 1.29 is 9.59 Å². The van der Waals surface area contributed by atoms with Gasteiger partial charge in [0.2, 0.25) is 5.91 Å². The molecule has 0 saturated carbocycles. The van der Waals surface area contributed by atoms with Gasteiger partial charge in [0.1, 0.15) is 5.56 Å². The monoisotopic (exact) mass is 425 g/mol. The number of amides is 2. The highest BCUT2D eigenvalue weighted by Gasteiger charge is 2.26. The van der Waals surface area contributed by atoms with Crippen LogP contribution in [0.2, 0.25) is 0 Å². The third kappa shape index (κ3) is 3.62. The predicted octanol–water partition coefficient (Wildman–Crippen LogP) is 3.37. The molecule has 4 aromatic rings. The fraction of sp³-hybridized carbons (Fsp3) is 0.200. The molecular formula is C25H23N5O2. The minimum atomic E-state index is -0.104. The van der Waals surface area contributed by atoms with E-state index in [1.165, 1.54) is 0 Å². The molecule has 5 rings (SSSR count). The Labute approximate surface area is 185 Å². The minimum Gasteiger partial charge on any atom is -0.339 e. The maximum Gasteiger partial charge on any atom is 0.259 e. The van der Waals surface area contributed by atoms with E-state index in [1.54, 1.807) is 33.6 Å². The third-order valence-electron chi connectivity index (χ3n) is 5.93. The predicted molar refractivity (Wildman–Crippen MR) is 122 cm³/mol. The summed E-state index contributed by atoms with van der Waals surface area (Å²) in [4.78, 5) is 32.6. The Balaban J connectivity index is 1.42. The molecule has 0 unspecified atom stereocenters. The van der Waals surface area contributed by atoms with E-state index in [9.17, 15) is 9.59 Å². The Morgan fingerprint density at radius 2 is 1.41 bits per heavy atom. The zero-order chi connectivity index (χ0) is 22.1. The molecule has 7 nitrogen and oxygen atoms in total. The van der Waals surface area contributed by atoms with Crippen LogP contribution >= 0.6 is 0 Å². The van der Waals surface area contributed by atoms with Gasteiger partial charge < -0.3 is 9.80 Å². The largest absolute Gasteiger partial charge is 0.339 e. The summed E-state index contributed by atoms with van der Waals surface area (Å²) in [7, 11) is 0. The Morgan fingerprint density at radius 1 is 0.781 bits per heavy atom. The number of carbonyl (C=O) groups is 2. The van der Waals surface area contributed by atoms with Crippen molar-refractivity contribution in [2.24, 2.45) is 0 Å². The maximum atomic E-state index is 13.1. The Morgan fingerprint density at radius 3 is 2.09 bits per heavy atom. The molecule has 3 heterocycles. The number of benzene rings is 2. The average molecular weight is 425 g/mol. The number of hydrogen-bond acceptors (Lipinski definition) is 4. The number of aromatic nitrogens is 3. The first-order chi connectivity index (χ1) is 15.6. The third-order valence-corrected chi connectivity index (χ3v) is 5.93. The standard InChI is InChI=1S/C25H23N5O2/c1-18(31)28-13-15-29(16-14-28)25(32)22-17-27-30-23(11-12-26-24(22)30)21-9-7-20(8-10-21)19-5-3-2-4-6-19/h2-12,17H,13-16H2,1H3. The van der Waals surface area contributed by atoms with Gasteiger partial charge >= 0.3 is 0 Å². The van der Waals surface area contributed by atoms with Crippen LogP contribution in [0.15, 0.2) is 73.1 Å². The van der Waals surface area contributed by atoms with E-state index in [0.29, 0.717) is 37.4 Å². The van der Waals surface area contributed by atoms with Crippen molar-refractivity contribution in [2.75, 3.05) is 26.2 Å². The summed E-state index contributed by atoms with van der Waals surface area (Å²) in [6.45, 7) is 3.67. The number of piperazine rings is 1. The summed E-state index contributed by atoms with van der Waals surface area (Å²) in [6.07, 6.45) is 3.30. The maximum absolute atomic E-state index is 13.1. The van der Waals surface area contributed by atoms with E-state index in [1.807, 2.05) is 24.3 Å². The van der Waals surface area contributed by atoms with Gasteiger partial charge in [-0.1, -0.05) is 54.6 Å². The molecule has 2 amide bonds. The van der Waals surface area contributed by atoms with E-state index >= 15 is 0 Å². The molecule has 7 heteroatoms. The molecule has 32 heavy (non-hydrogen) atoms. The second-order valence-corrected chi connectivity index (χ2v) is 7.87. The highest BCUT2D eigenvalue weighted by atomic mass is 16.2. The molecule has 160 valence electrons. The highest BCUT2D eigenvalue weighted by molar-refractivity contribution is 6.00. The second kappa shape index (κ2) is 8.26. The molecule has 1 aliphatic rings. The van der Waals surface area contributed by atoms with Crippen molar-refractivity contribution in [3.63, 3.8) is 0 Å². The molecular weight excluding hydrogens is 402 g/mol. The van der Waals surface area contributed by atoms with Gasteiger partial charge in [0.05, 0.1) is 11.9 Å². The van der Waals surface area contributed by atoms with Crippen molar-refractivity contribution in [2.45, 2.75) is 6.92 Å². The topological polar surface area (TPSA) is 70.8 Å². The van der Waals surface area contributed by atoms with Crippen molar-refractivity contribution in [1.82, 2.24) is 24.4 Å². The lowest BCUT2D eigenvalue weighted by molar-refractivity contribution is -0.130. The summed E-state index contributed by atoms with van der Waals surface area (Å²) in [5.41, 5.74) is 5.18. The van der Waals surface area contributed by atoms with Crippen LogP contribution in [-0.4, -0.2) is 62.4 Å². The SMILES string of the molecule is CC(=O)N1CCN(C(=O)c2cnn3c(-c4ccc(-c5ccccc5)cc4)ccnc23)CC1. The van der Waals surface area contributed by atoms with Crippen LogP contribution in [0.25, 0.3) is 28.0 Å². The smallest absolute Gasteiger partial charge is 0.259 e. The first kappa shape index (κ1) is 19.9. The average Bonchev–Trinajstić information content (AvgIpc) is 3.29. The zero-order valence-corrected chi connectivity index (χ0v) is 17.8. The van der Waals surface area contributed by atoms with Crippen LogP contribution in [0.5, 0.6) is 0 Å².